The van der Waals surface area contributed by atoms with Gasteiger partial charge in [-0.1, -0.05) is 17.7 Å². The van der Waals surface area contributed by atoms with Crippen molar-refractivity contribution in [3.8, 4) is 6.07 Å². The van der Waals surface area contributed by atoms with E-state index in [4.69, 9.17) is 21.6 Å². The number of rotatable bonds is 7. The van der Waals surface area contributed by atoms with Gasteiger partial charge in [-0.15, -0.1) is 23.1 Å². The Morgan fingerprint density at radius 3 is 2.88 bits per heavy atom. The first kappa shape index (κ1) is 18.3. The maximum absolute atomic E-state index is 11.7. The second kappa shape index (κ2) is 9.33. The van der Waals surface area contributed by atoms with Crippen molar-refractivity contribution < 1.29 is 14.3 Å². The minimum absolute atomic E-state index is 0.159. The van der Waals surface area contributed by atoms with E-state index in [1.165, 1.54) is 23.1 Å². The predicted molar refractivity (Wildman–Crippen MR) is 96.2 cm³/mol. The molecule has 2 aromatic rings. The number of nitrogens with zero attached hydrogens (tertiary/aromatic N) is 1. The van der Waals surface area contributed by atoms with E-state index in [1.54, 1.807) is 24.3 Å². The molecule has 1 aromatic carbocycles. The van der Waals surface area contributed by atoms with Crippen LogP contribution in [0.15, 0.2) is 36.4 Å². The van der Waals surface area contributed by atoms with Crippen LogP contribution >= 0.6 is 34.7 Å². The van der Waals surface area contributed by atoms with Gasteiger partial charge in [0, 0.05) is 16.3 Å². The topological polar surface area (TPSA) is 79.2 Å². The quantitative estimate of drug-likeness (QED) is 0.741. The zero-order valence-electron chi connectivity index (χ0n) is 12.5. The summed E-state index contributed by atoms with van der Waals surface area (Å²) < 4.78 is 5.63. The summed E-state index contributed by atoms with van der Waals surface area (Å²) in [7, 11) is 0. The maximum atomic E-state index is 11.7. The van der Waals surface area contributed by atoms with Gasteiger partial charge in [-0.2, -0.15) is 5.26 Å². The van der Waals surface area contributed by atoms with Crippen LogP contribution in [0.5, 0.6) is 0 Å². The molecule has 0 fully saturated rings. The number of carbonyl (C=O) groups is 2. The zero-order chi connectivity index (χ0) is 17.4. The highest BCUT2D eigenvalue weighted by Gasteiger charge is 2.09. The van der Waals surface area contributed by atoms with Crippen LogP contribution in [-0.2, 0) is 20.1 Å². The molecule has 1 aromatic heterocycles. The third-order valence-electron chi connectivity index (χ3n) is 2.73. The fourth-order valence-electron chi connectivity index (χ4n) is 1.72. The summed E-state index contributed by atoms with van der Waals surface area (Å²) in [5.41, 5.74) is 0.925. The molecule has 2 rings (SSSR count). The molecular formula is C16H13ClN2O3S2. The van der Waals surface area contributed by atoms with Crippen molar-refractivity contribution in [2.45, 2.75) is 5.75 Å². The number of anilines is 1. The second-order valence-electron chi connectivity index (χ2n) is 4.60. The van der Waals surface area contributed by atoms with Crippen LogP contribution in [0.2, 0.25) is 4.34 Å². The number of hydrogen-bond donors (Lipinski definition) is 1. The van der Waals surface area contributed by atoms with Crippen LogP contribution in [0.25, 0.3) is 0 Å². The average Bonchev–Trinajstić information content (AvgIpc) is 2.98. The van der Waals surface area contributed by atoms with E-state index >= 15 is 0 Å². The van der Waals surface area contributed by atoms with Crippen LogP contribution < -0.4 is 5.32 Å². The summed E-state index contributed by atoms with van der Waals surface area (Å²) in [4.78, 5) is 24.4. The molecule has 24 heavy (non-hydrogen) atoms. The number of thiophene rings is 1. The molecule has 0 saturated heterocycles. The molecule has 0 aliphatic carbocycles. The van der Waals surface area contributed by atoms with Gasteiger partial charge >= 0.3 is 5.97 Å². The highest BCUT2D eigenvalue weighted by molar-refractivity contribution is 7.99. The van der Waals surface area contributed by atoms with Crippen LogP contribution in [0.1, 0.15) is 10.4 Å². The Bertz CT molecular complexity index is 771. The van der Waals surface area contributed by atoms with Crippen LogP contribution in [-0.4, -0.2) is 24.2 Å². The molecule has 8 heteroatoms. The number of nitrogens with one attached hydrogen (secondary N) is 1. The lowest BCUT2D eigenvalue weighted by Gasteiger charge is -2.06. The first-order chi connectivity index (χ1) is 11.6. The van der Waals surface area contributed by atoms with Crippen molar-refractivity contribution in [1.29, 1.82) is 5.26 Å². The van der Waals surface area contributed by atoms with Gasteiger partial charge in [-0.05, 0) is 30.3 Å². The van der Waals surface area contributed by atoms with E-state index in [1.807, 2.05) is 18.2 Å². The standard InChI is InChI=1S/C16H13ClN2O3S2/c17-14-5-4-13(24-14)9-23-10-16(21)22-8-15(20)19-12-3-1-2-11(6-12)7-18/h1-6H,8-10H2,(H,19,20). The van der Waals surface area contributed by atoms with Crippen LogP contribution in [0.4, 0.5) is 5.69 Å². The fraction of sp³-hybridized carbons (Fsp3) is 0.188. The van der Waals surface area contributed by atoms with Crippen molar-refractivity contribution in [3.63, 3.8) is 0 Å². The molecule has 0 radical (unpaired) electrons. The Morgan fingerprint density at radius 1 is 1.33 bits per heavy atom. The maximum Gasteiger partial charge on any atom is 0.316 e. The molecule has 124 valence electrons. The lowest BCUT2D eigenvalue weighted by Crippen LogP contribution is -2.21. The Labute approximate surface area is 152 Å². The first-order valence-electron chi connectivity index (χ1n) is 6.84. The van der Waals surface area contributed by atoms with Crippen molar-refractivity contribution >= 4 is 52.3 Å². The van der Waals surface area contributed by atoms with Gasteiger partial charge in [0.15, 0.2) is 6.61 Å². The number of thioether (sulfide) groups is 1. The number of hydrogen-bond acceptors (Lipinski definition) is 6. The number of ether oxygens (including phenoxy) is 1. The molecular weight excluding hydrogens is 368 g/mol. The SMILES string of the molecule is N#Cc1cccc(NC(=O)COC(=O)CSCc2ccc(Cl)s2)c1. The van der Waals surface area contributed by atoms with E-state index < -0.39 is 11.9 Å². The van der Waals surface area contributed by atoms with Gasteiger partial charge in [0.1, 0.15) is 0 Å². The third kappa shape index (κ3) is 6.24. The van der Waals surface area contributed by atoms with E-state index in [9.17, 15) is 9.59 Å². The van der Waals surface area contributed by atoms with Gasteiger partial charge in [0.2, 0.25) is 0 Å². The minimum atomic E-state index is -0.455. The zero-order valence-corrected chi connectivity index (χ0v) is 14.8. The molecule has 0 aliphatic rings. The summed E-state index contributed by atoms with van der Waals surface area (Å²) in [5, 5.41) is 11.4. The summed E-state index contributed by atoms with van der Waals surface area (Å²) in [6, 6.07) is 12.2. The van der Waals surface area contributed by atoms with Gasteiger partial charge in [-0.25, -0.2) is 0 Å². The molecule has 0 atom stereocenters. The molecule has 0 bridgehead atoms. The lowest BCUT2D eigenvalue weighted by molar-refractivity contribution is -0.144. The Morgan fingerprint density at radius 2 is 2.17 bits per heavy atom. The number of benzene rings is 1. The molecule has 0 aliphatic heterocycles. The summed E-state index contributed by atoms with van der Waals surface area (Å²) in [5.74, 6) is -0.0798. The van der Waals surface area contributed by atoms with E-state index in [0.29, 0.717) is 21.3 Å². The van der Waals surface area contributed by atoms with Gasteiger partial charge in [0.05, 0.1) is 21.7 Å². The van der Waals surface area contributed by atoms with Crippen molar-refractivity contribution in [2.75, 3.05) is 17.7 Å². The van der Waals surface area contributed by atoms with Crippen molar-refractivity contribution in [3.05, 3.63) is 51.2 Å². The van der Waals surface area contributed by atoms with Gasteiger partial charge < -0.3 is 10.1 Å². The Kier molecular flexibility index (Phi) is 7.12. The highest BCUT2D eigenvalue weighted by Crippen LogP contribution is 2.25. The Balaban J connectivity index is 1.67. The largest absolute Gasteiger partial charge is 0.455 e. The van der Waals surface area contributed by atoms with E-state index in [2.05, 4.69) is 5.32 Å². The number of halogens is 1. The van der Waals surface area contributed by atoms with E-state index in [0.717, 1.165) is 4.88 Å². The van der Waals surface area contributed by atoms with Crippen LogP contribution in [0.3, 0.4) is 0 Å². The smallest absolute Gasteiger partial charge is 0.316 e. The highest BCUT2D eigenvalue weighted by atomic mass is 35.5. The Hall–Kier alpha value is -2.01. The number of nitriles is 1. The molecule has 1 heterocycles. The number of esters is 1. The minimum Gasteiger partial charge on any atom is -0.455 e. The van der Waals surface area contributed by atoms with Crippen molar-refractivity contribution in [1.82, 2.24) is 0 Å². The summed E-state index contributed by atoms with van der Waals surface area (Å²) in [6.07, 6.45) is 0. The first-order valence-corrected chi connectivity index (χ1v) is 9.19. The fourth-order valence-corrected chi connectivity index (χ4v) is 3.73. The molecule has 0 saturated carbocycles. The second-order valence-corrected chi connectivity index (χ2v) is 7.39. The average molecular weight is 381 g/mol. The molecule has 1 N–H and O–H groups in total. The molecule has 0 spiro atoms. The van der Waals surface area contributed by atoms with Crippen molar-refractivity contribution in [2.24, 2.45) is 0 Å². The third-order valence-corrected chi connectivity index (χ3v) is 5.10. The molecule has 0 unspecified atom stereocenters. The molecule has 5 nitrogen and oxygen atoms in total. The van der Waals surface area contributed by atoms with E-state index in [-0.39, 0.29) is 12.4 Å². The number of amides is 1. The van der Waals surface area contributed by atoms with Crippen LogP contribution in [0, 0.1) is 11.3 Å². The predicted octanol–water partition coefficient (Wildman–Crippen LogP) is 3.69. The number of carbonyl (C=O) groups excluding carboxylic acids is 2. The summed E-state index contributed by atoms with van der Waals surface area (Å²) >= 11 is 8.69. The normalized spacial score (nSPS) is 10.0. The summed E-state index contributed by atoms with van der Waals surface area (Å²) in [6.45, 7) is -0.360. The lowest BCUT2D eigenvalue weighted by atomic mass is 10.2. The van der Waals surface area contributed by atoms with Gasteiger partial charge in [0.25, 0.3) is 5.91 Å². The molecule has 1 amide bonds. The monoisotopic (exact) mass is 380 g/mol. The van der Waals surface area contributed by atoms with Gasteiger partial charge in [-0.3, -0.25) is 9.59 Å².